The molecular formula is C19H27NO3S. The Hall–Kier alpha value is -1.04. The average Bonchev–Trinajstić information content (AvgIpc) is 3.09. The van der Waals surface area contributed by atoms with Gasteiger partial charge >= 0.3 is 0 Å². The number of nitrogens with zero attached hydrogens (tertiary/aromatic N) is 1. The van der Waals surface area contributed by atoms with Crippen LogP contribution in [-0.4, -0.2) is 55.1 Å². The molecule has 0 N–H and O–H groups in total. The minimum Gasteiger partial charge on any atom is -0.376 e. The van der Waals surface area contributed by atoms with E-state index < -0.39 is 0 Å². The van der Waals surface area contributed by atoms with Crippen LogP contribution in [0.2, 0.25) is 0 Å². The van der Waals surface area contributed by atoms with Crippen molar-refractivity contribution in [2.75, 3.05) is 32.9 Å². The normalized spacial score (nSPS) is 22.0. The van der Waals surface area contributed by atoms with Gasteiger partial charge in [-0.2, -0.15) is 0 Å². The number of ether oxygens (including phenoxy) is 2. The van der Waals surface area contributed by atoms with Crippen molar-refractivity contribution in [2.24, 2.45) is 0 Å². The molecule has 5 heteroatoms. The lowest BCUT2D eigenvalue weighted by molar-refractivity contribution is -0.138. The van der Waals surface area contributed by atoms with Crippen LogP contribution < -0.4 is 0 Å². The monoisotopic (exact) mass is 349 g/mol. The number of carbonyl (C=O) groups is 1. The van der Waals surface area contributed by atoms with E-state index in [4.69, 9.17) is 9.47 Å². The van der Waals surface area contributed by atoms with Gasteiger partial charge in [0.25, 0.3) is 0 Å². The first-order valence-corrected chi connectivity index (χ1v) is 9.79. The summed E-state index contributed by atoms with van der Waals surface area (Å²) >= 11 is 1.94. The lowest BCUT2D eigenvalue weighted by Gasteiger charge is -2.31. The van der Waals surface area contributed by atoms with Gasteiger partial charge in [-0.15, -0.1) is 11.8 Å². The van der Waals surface area contributed by atoms with Gasteiger partial charge in [-0.05, 0) is 44.7 Å². The summed E-state index contributed by atoms with van der Waals surface area (Å²) in [5, 5.41) is 0.601. The first-order chi connectivity index (χ1) is 11.7. The summed E-state index contributed by atoms with van der Waals surface area (Å²) in [5.41, 5.74) is 1.30. The van der Waals surface area contributed by atoms with Gasteiger partial charge in [0.2, 0.25) is 5.91 Å². The minimum atomic E-state index is 0.118. The van der Waals surface area contributed by atoms with Gasteiger partial charge < -0.3 is 14.4 Å². The number of rotatable bonds is 6. The predicted molar refractivity (Wildman–Crippen MR) is 96.4 cm³/mol. The van der Waals surface area contributed by atoms with E-state index in [0.717, 1.165) is 45.4 Å². The first kappa shape index (κ1) is 17.8. The average molecular weight is 349 g/mol. The van der Waals surface area contributed by atoms with Crippen LogP contribution in [0.1, 0.15) is 31.2 Å². The van der Waals surface area contributed by atoms with Gasteiger partial charge in [-0.1, -0.05) is 17.7 Å². The molecule has 24 heavy (non-hydrogen) atoms. The molecule has 0 spiro atoms. The maximum atomic E-state index is 12.2. The molecule has 1 aromatic carbocycles. The van der Waals surface area contributed by atoms with Crippen molar-refractivity contribution in [3.8, 4) is 0 Å². The Morgan fingerprint density at radius 1 is 1.33 bits per heavy atom. The Kier molecular flexibility index (Phi) is 6.58. The molecular weight excluding hydrogens is 322 g/mol. The lowest BCUT2D eigenvalue weighted by Crippen LogP contribution is -2.41. The lowest BCUT2D eigenvalue weighted by atomic mass is 10.1. The van der Waals surface area contributed by atoms with Crippen molar-refractivity contribution >= 4 is 17.7 Å². The minimum absolute atomic E-state index is 0.118. The molecule has 1 aromatic rings. The first-order valence-electron chi connectivity index (χ1n) is 8.91. The van der Waals surface area contributed by atoms with E-state index in [1.807, 2.05) is 16.7 Å². The number of aryl methyl sites for hydroxylation is 1. The highest BCUT2D eigenvalue weighted by Crippen LogP contribution is 2.30. The fourth-order valence-electron chi connectivity index (χ4n) is 3.25. The van der Waals surface area contributed by atoms with Gasteiger partial charge in [0, 0.05) is 29.8 Å². The van der Waals surface area contributed by atoms with Crippen LogP contribution in [0.3, 0.4) is 0 Å². The van der Waals surface area contributed by atoms with Crippen molar-refractivity contribution in [3.63, 3.8) is 0 Å². The predicted octanol–water partition coefficient (Wildman–Crippen LogP) is 3.27. The van der Waals surface area contributed by atoms with E-state index in [-0.39, 0.29) is 18.6 Å². The summed E-state index contributed by atoms with van der Waals surface area (Å²) in [5.74, 6) is 0.118. The molecule has 0 radical (unpaired) electrons. The summed E-state index contributed by atoms with van der Waals surface area (Å²) in [7, 11) is 0. The Bertz CT molecular complexity index is 537. The molecule has 0 saturated carbocycles. The zero-order chi connectivity index (χ0) is 16.8. The SMILES string of the molecule is Cc1cccc(SC2CCN(C(=O)COC[C@H]3CCCO3)CC2)c1. The largest absolute Gasteiger partial charge is 0.376 e. The molecule has 2 heterocycles. The number of hydrogen-bond acceptors (Lipinski definition) is 4. The highest BCUT2D eigenvalue weighted by atomic mass is 32.2. The molecule has 2 saturated heterocycles. The van der Waals surface area contributed by atoms with E-state index in [1.165, 1.54) is 10.5 Å². The number of amides is 1. The number of piperidine rings is 1. The highest BCUT2D eigenvalue weighted by Gasteiger charge is 2.24. The van der Waals surface area contributed by atoms with Gasteiger partial charge in [-0.3, -0.25) is 4.79 Å². The van der Waals surface area contributed by atoms with E-state index in [9.17, 15) is 4.79 Å². The number of thioether (sulfide) groups is 1. The van der Waals surface area contributed by atoms with Gasteiger partial charge in [0.05, 0.1) is 12.7 Å². The van der Waals surface area contributed by atoms with Gasteiger partial charge in [-0.25, -0.2) is 0 Å². The molecule has 4 nitrogen and oxygen atoms in total. The van der Waals surface area contributed by atoms with E-state index in [1.54, 1.807) is 0 Å². The molecule has 132 valence electrons. The Balaban J connectivity index is 1.35. The molecule has 0 aliphatic carbocycles. The Morgan fingerprint density at radius 2 is 2.17 bits per heavy atom. The molecule has 0 bridgehead atoms. The summed E-state index contributed by atoms with van der Waals surface area (Å²) in [6.45, 7) is 5.37. The second kappa shape index (κ2) is 8.88. The fourth-order valence-corrected chi connectivity index (χ4v) is 4.49. The zero-order valence-corrected chi connectivity index (χ0v) is 15.2. The summed E-state index contributed by atoms with van der Waals surface area (Å²) < 4.78 is 11.1. The summed E-state index contributed by atoms with van der Waals surface area (Å²) in [6.07, 6.45) is 4.45. The Labute approximate surface area is 148 Å². The van der Waals surface area contributed by atoms with Crippen molar-refractivity contribution < 1.29 is 14.3 Å². The fraction of sp³-hybridized carbons (Fsp3) is 0.632. The molecule has 2 aliphatic heterocycles. The summed E-state index contributed by atoms with van der Waals surface area (Å²) in [4.78, 5) is 15.5. The maximum absolute atomic E-state index is 12.2. The van der Waals surface area contributed by atoms with Crippen LogP contribution in [0, 0.1) is 6.92 Å². The standard InChI is InChI=1S/C19H27NO3S/c1-15-4-2-6-18(12-15)24-17-7-9-20(10-8-17)19(21)14-22-13-16-5-3-11-23-16/h2,4,6,12,16-17H,3,5,7-11,13-14H2,1H3/t16-/m1/s1. The van der Waals surface area contributed by atoms with Crippen LogP contribution >= 0.6 is 11.8 Å². The zero-order valence-electron chi connectivity index (χ0n) is 14.4. The third-order valence-corrected chi connectivity index (χ3v) is 5.97. The van der Waals surface area contributed by atoms with Gasteiger partial charge in [0.15, 0.2) is 0 Å². The van der Waals surface area contributed by atoms with E-state index in [2.05, 4.69) is 31.2 Å². The number of likely N-dealkylation sites (tertiary alicyclic amines) is 1. The van der Waals surface area contributed by atoms with Crippen LogP contribution in [0.15, 0.2) is 29.2 Å². The van der Waals surface area contributed by atoms with Crippen molar-refractivity contribution in [1.82, 2.24) is 4.90 Å². The van der Waals surface area contributed by atoms with Crippen LogP contribution in [0.5, 0.6) is 0 Å². The molecule has 2 fully saturated rings. The maximum Gasteiger partial charge on any atom is 0.248 e. The molecule has 2 aliphatic rings. The topological polar surface area (TPSA) is 38.8 Å². The van der Waals surface area contributed by atoms with Gasteiger partial charge in [0.1, 0.15) is 6.61 Å². The third kappa shape index (κ3) is 5.23. The molecule has 1 amide bonds. The molecule has 1 atom stereocenters. The van der Waals surface area contributed by atoms with Crippen LogP contribution in [0.25, 0.3) is 0 Å². The smallest absolute Gasteiger partial charge is 0.248 e. The van der Waals surface area contributed by atoms with Crippen molar-refractivity contribution in [1.29, 1.82) is 0 Å². The number of benzene rings is 1. The highest BCUT2D eigenvalue weighted by molar-refractivity contribution is 8.00. The Morgan fingerprint density at radius 3 is 2.88 bits per heavy atom. The second-order valence-electron chi connectivity index (χ2n) is 6.66. The van der Waals surface area contributed by atoms with Crippen LogP contribution in [-0.2, 0) is 14.3 Å². The van der Waals surface area contributed by atoms with Crippen molar-refractivity contribution in [2.45, 2.75) is 48.9 Å². The van der Waals surface area contributed by atoms with E-state index in [0.29, 0.717) is 11.9 Å². The number of carbonyl (C=O) groups excluding carboxylic acids is 1. The molecule has 0 aromatic heterocycles. The van der Waals surface area contributed by atoms with Crippen molar-refractivity contribution in [3.05, 3.63) is 29.8 Å². The number of hydrogen-bond donors (Lipinski definition) is 0. The third-order valence-electron chi connectivity index (χ3n) is 4.64. The molecule has 0 unspecified atom stereocenters. The quantitative estimate of drug-likeness (QED) is 0.790. The molecule has 3 rings (SSSR count). The summed E-state index contributed by atoms with van der Waals surface area (Å²) in [6, 6.07) is 8.65. The van der Waals surface area contributed by atoms with Crippen LogP contribution in [0.4, 0.5) is 0 Å². The van der Waals surface area contributed by atoms with E-state index >= 15 is 0 Å². The second-order valence-corrected chi connectivity index (χ2v) is 8.04.